The molecule has 0 spiro atoms. The molecule has 0 aliphatic rings. The van der Waals surface area contributed by atoms with Gasteiger partial charge in [0, 0.05) is 11.6 Å². The third-order valence-corrected chi connectivity index (χ3v) is 3.77. The Morgan fingerprint density at radius 2 is 1.67 bits per heavy atom. The van der Waals surface area contributed by atoms with Crippen molar-refractivity contribution < 1.29 is 14.3 Å². The lowest BCUT2D eigenvalue weighted by Crippen LogP contribution is -2.02. The van der Waals surface area contributed by atoms with Crippen LogP contribution in [-0.2, 0) is 0 Å². The van der Waals surface area contributed by atoms with Gasteiger partial charge in [0.15, 0.2) is 5.78 Å². The number of fused-ring (bicyclic) bond motifs is 1. The van der Waals surface area contributed by atoms with E-state index in [2.05, 4.69) is 4.98 Å². The Morgan fingerprint density at radius 3 is 2.38 bits per heavy atom. The Labute approximate surface area is 140 Å². The number of benzene rings is 2. The quantitative estimate of drug-likeness (QED) is 0.523. The van der Waals surface area contributed by atoms with Crippen LogP contribution in [0.25, 0.3) is 17.0 Å². The largest absolute Gasteiger partial charge is 0.496 e. The van der Waals surface area contributed by atoms with Crippen LogP contribution in [0.5, 0.6) is 11.5 Å². The molecule has 0 saturated heterocycles. The molecule has 0 bridgehead atoms. The molecule has 2 aromatic carbocycles. The Kier molecular flexibility index (Phi) is 4.57. The smallest absolute Gasteiger partial charge is 0.193 e. The zero-order chi connectivity index (χ0) is 16.9. The molecule has 3 aromatic rings. The van der Waals surface area contributed by atoms with Crippen molar-refractivity contribution in [2.24, 2.45) is 0 Å². The molecule has 4 heteroatoms. The highest BCUT2D eigenvalue weighted by Crippen LogP contribution is 2.29. The average Bonchev–Trinajstić information content (AvgIpc) is 2.65. The normalized spacial score (nSPS) is 10.9. The van der Waals surface area contributed by atoms with Crippen LogP contribution in [0.1, 0.15) is 15.9 Å². The minimum atomic E-state index is -0.176. The average molecular weight is 319 g/mol. The molecule has 0 fully saturated rings. The molecule has 0 aliphatic heterocycles. The zero-order valence-electron chi connectivity index (χ0n) is 13.5. The van der Waals surface area contributed by atoms with Crippen LogP contribution in [0.15, 0.2) is 60.8 Å². The number of pyridine rings is 1. The fraction of sp³-hybridized carbons (Fsp3) is 0.100. The van der Waals surface area contributed by atoms with Gasteiger partial charge in [0.05, 0.1) is 19.7 Å². The van der Waals surface area contributed by atoms with Crippen molar-refractivity contribution in [2.45, 2.75) is 0 Å². The van der Waals surface area contributed by atoms with Crippen LogP contribution in [0.2, 0.25) is 0 Å². The lowest BCUT2D eigenvalue weighted by Gasteiger charge is -2.10. The summed E-state index contributed by atoms with van der Waals surface area (Å²) in [5.41, 5.74) is 2.24. The Balaban J connectivity index is 1.99. The summed E-state index contributed by atoms with van der Waals surface area (Å²) in [6.45, 7) is 0. The number of ether oxygens (including phenoxy) is 2. The van der Waals surface area contributed by atoms with E-state index < -0.39 is 0 Å². The van der Waals surface area contributed by atoms with Gasteiger partial charge in [-0.05, 0) is 35.9 Å². The summed E-state index contributed by atoms with van der Waals surface area (Å²) < 4.78 is 10.6. The summed E-state index contributed by atoms with van der Waals surface area (Å²) in [5.74, 6) is 0.803. The maximum Gasteiger partial charge on any atom is 0.193 e. The van der Waals surface area contributed by atoms with Gasteiger partial charge in [-0.3, -0.25) is 9.78 Å². The highest BCUT2D eigenvalue weighted by molar-refractivity contribution is 6.11. The summed E-state index contributed by atoms with van der Waals surface area (Å²) in [6.07, 6.45) is 5.05. The highest BCUT2D eigenvalue weighted by atomic mass is 16.5. The first kappa shape index (κ1) is 15.7. The topological polar surface area (TPSA) is 48.4 Å². The minimum Gasteiger partial charge on any atom is -0.496 e. The molecule has 0 atom stereocenters. The van der Waals surface area contributed by atoms with Gasteiger partial charge in [-0.15, -0.1) is 0 Å². The van der Waals surface area contributed by atoms with Crippen LogP contribution in [0, 0.1) is 0 Å². The van der Waals surface area contributed by atoms with E-state index in [1.165, 1.54) is 20.3 Å². The summed E-state index contributed by atoms with van der Waals surface area (Å²) >= 11 is 0. The van der Waals surface area contributed by atoms with Crippen LogP contribution < -0.4 is 9.47 Å². The van der Waals surface area contributed by atoms with Crippen molar-refractivity contribution in [3.63, 3.8) is 0 Å². The van der Waals surface area contributed by atoms with Crippen LogP contribution >= 0.6 is 0 Å². The zero-order valence-corrected chi connectivity index (χ0v) is 13.5. The molecule has 0 amide bonds. The van der Waals surface area contributed by atoms with Crippen molar-refractivity contribution in [1.29, 1.82) is 0 Å². The third-order valence-electron chi connectivity index (χ3n) is 3.77. The molecule has 0 saturated carbocycles. The van der Waals surface area contributed by atoms with Crippen molar-refractivity contribution in [1.82, 2.24) is 4.98 Å². The number of carbonyl (C=O) groups excluding carboxylic acids is 1. The third kappa shape index (κ3) is 2.99. The van der Waals surface area contributed by atoms with E-state index >= 15 is 0 Å². The molecular formula is C20H17NO3. The SMILES string of the molecule is COc1cccc(OC)c1C(=O)/C=C/c1ccnc2ccccc12. The number of hydrogen-bond acceptors (Lipinski definition) is 4. The first-order valence-electron chi connectivity index (χ1n) is 7.51. The molecule has 3 rings (SSSR count). The number of nitrogens with zero attached hydrogens (tertiary/aromatic N) is 1. The summed E-state index contributed by atoms with van der Waals surface area (Å²) in [6, 6.07) is 15.0. The van der Waals surface area contributed by atoms with Crippen LogP contribution in [-0.4, -0.2) is 25.0 Å². The predicted octanol–water partition coefficient (Wildman–Crippen LogP) is 4.15. The van der Waals surface area contributed by atoms with Gasteiger partial charge in [-0.1, -0.05) is 30.3 Å². The molecule has 1 aromatic heterocycles. The van der Waals surface area contributed by atoms with E-state index in [1.807, 2.05) is 30.3 Å². The van der Waals surface area contributed by atoms with E-state index in [0.29, 0.717) is 17.1 Å². The van der Waals surface area contributed by atoms with Gasteiger partial charge in [0.25, 0.3) is 0 Å². The van der Waals surface area contributed by atoms with Gasteiger partial charge in [-0.25, -0.2) is 0 Å². The number of allylic oxidation sites excluding steroid dienone is 1. The van der Waals surface area contributed by atoms with Gasteiger partial charge in [-0.2, -0.15) is 0 Å². The number of rotatable bonds is 5. The number of aromatic nitrogens is 1. The van der Waals surface area contributed by atoms with Crippen LogP contribution in [0.4, 0.5) is 0 Å². The molecular weight excluding hydrogens is 302 g/mol. The molecule has 0 aliphatic carbocycles. The lowest BCUT2D eigenvalue weighted by atomic mass is 10.0. The van der Waals surface area contributed by atoms with Crippen molar-refractivity contribution >= 4 is 22.8 Å². The van der Waals surface area contributed by atoms with Gasteiger partial charge < -0.3 is 9.47 Å². The molecule has 4 nitrogen and oxygen atoms in total. The first-order chi connectivity index (χ1) is 11.7. The second-order valence-corrected chi connectivity index (χ2v) is 5.15. The molecule has 0 radical (unpaired) electrons. The van der Waals surface area contributed by atoms with Crippen LogP contribution in [0.3, 0.4) is 0 Å². The highest BCUT2D eigenvalue weighted by Gasteiger charge is 2.15. The molecule has 1 heterocycles. The van der Waals surface area contributed by atoms with E-state index in [1.54, 1.807) is 30.5 Å². The van der Waals surface area contributed by atoms with Crippen molar-refractivity contribution in [3.8, 4) is 11.5 Å². The number of para-hydroxylation sites is 1. The number of ketones is 1. The van der Waals surface area contributed by atoms with E-state index in [0.717, 1.165) is 16.5 Å². The van der Waals surface area contributed by atoms with Gasteiger partial charge in [0.1, 0.15) is 17.1 Å². The van der Waals surface area contributed by atoms with Crippen molar-refractivity contribution in [2.75, 3.05) is 14.2 Å². The predicted molar refractivity (Wildman–Crippen MR) is 94.7 cm³/mol. The molecule has 24 heavy (non-hydrogen) atoms. The summed E-state index contributed by atoms with van der Waals surface area (Å²) in [5, 5.41) is 0.996. The van der Waals surface area contributed by atoms with Crippen molar-refractivity contribution in [3.05, 3.63) is 71.9 Å². The fourth-order valence-corrected chi connectivity index (χ4v) is 2.61. The monoisotopic (exact) mass is 319 g/mol. The van der Waals surface area contributed by atoms with Gasteiger partial charge in [0.2, 0.25) is 0 Å². The minimum absolute atomic E-state index is 0.176. The molecule has 120 valence electrons. The Morgan fingerprint density at radius 1 is 0.958 bits per heavy atom. The van der Waals surface area contributed by atoms with E-state index in [9.17, 15) is 4.79 Å². The lowest BCUT2D eigenvalue weighted by molar-refractivity contribution is 0.104. The second kappa shape index (κ2) is 6.96. The summed E-state index contributed by atoms with van der Waals surface area (Å²) in [7, 11) is 3.07. The molecule has 0 unspecified atom stereocenters. The maximum absolute atomic E-state index is 12.7. The fourth-order valence-electron chi connectivity index (χ4n) is 2.61. The van der Waals surface area contributed by atoms with Gasteiger partial charge >= 0.3 is 0 Å². The second-order valence-electron chi connectivity index (χ2n) is 5.15. The Hall–Kier alpha value is -3.14. The maximum atomic E-state index is 12.7. The number of hydrogen-bond donors (Lipinski definition) is 0. The van der Waals surface area contributed by atoms with E-state index in [4.69, 9.17) is 9.47 Å². The van der Waals surface area contributed by atoms with E-state index in [-0.39, 0.29) is 5.78 Å². The molecule has 0 N–H and O–H groups in total. The summed E-state index contributed by atoms with van der Waals surface area (Å²) in [4.78, 5) is 17.0. The number of carbonyl (C=O) groups is 1. The number of methoxy groups -OCH3 is 2. The standard InChI is InChI=1S/C20H17NO3/c1-23-18-8-5-9-19(24-2)20(18)17(22)11-10-14-12-13-21-16-7-4-3-6-15(14)16/h3-13H,1-2H3/b11-10+. The Bertz CT molecular complexity index is 888. The first-order valence-corrected chi connectivity index (χ1v) is 7.51.